The van der Waals surface area contributed by atoms with Crippen molar-refractivity contribution in [2.24, 2.45) is 0 Å². The molecule has 0 aliphatic carbocycles. The summed E-state index contributed by atoms with van der Waals surface area (Å²) >= 11 is 6.26. The second-order valence-corrected chi connectivity index (χ2v) is 8.48. The highest BCUT2D eigenvalue weighted by Crippen LogP contribution is 2.40. The number of rotatable bonds is 9. The number of aliphatic hydroxyl groups is 1. The van der Waals surface area contributed by atoms with Crippen LogP contribution in [0.1, 0.15) is 30.5 Å². The average molecular weight is 488 g/mol. The smallest absolute Gasteiger partial charge is 0.295 e. The fourth-order valence-corrected chi connectivity index (χ4v) is 4.10. The first kappa shape index (κ1) is 25.2. The maximum absolute atomic E-state index is 13.1. The Bertz CT molecular complexity index is 1130. The van der Waals surface area contributed by atoms with Crippen LogP contribution >= 0.6 is 11.6 Å². The van der Waals surface area contributed by atoms with E-state index in [0.717, 1.165) is 0 Å². The minimum Gasteiger partial charge on any atom is -0.507 e. The summed E-state index contributed by atoms with van der Waals surface area (Å²) in [6, 6.07) is 9.31. The molecule has 10 heteroatoms. The van der Waals surface area contributed by atoms with E-state index in [2.05, 4.69) is 0 Å². The Kier molecular flexibility index (Phi) is 7.90. The van der Waals surface area contributed by atoms with Gasteiger partial charge in [0.25, 0.3) is 17.4 Å². The molecule has 0 bridgehead atoms. The summed E-state index contributed by atoms with van der Waals surface area (Å²) in [5, 5.41) is 22.5. The lowest BCUT2D eigenvalue weighted by molar-refractivity contribution is -0.384. The number of halogens is 1. The molecule has 2 aromatic rings. The van der Waals surface area contributed by atoms with Crippen LogP contribution in [0.2, 0.25) is 5.02 Å². The molecule has 0 saturated carbocycles. The minimum absolute atomic E-state index is 0.0936. The molecule has 1 aliphatic rings. The van der Waals surface area contributed by atoms with Crippen molar-refractivity contribution in [1.82, 2.24) is 9.80 Å². The number of nitro groups is 1. The first-order valence-electron chi connectivity index (χ1n) is 10.8. The quantitative estimate of drug-likeness (QED) is 0.187. The summed E-state index contributed by atoms with van der Waals surface area (Å²) in [5.41, 5.74) is 0.524. The van der Waals surface area contributed by atoms with Crippen molar-refractivity contribution in [1.29, 1.82) is 0 Å². The van der Waals surface area contributed by atoms with Crippen molar-refractivity contribution in [3.05, 3.63) is 74.3 Å². The SMILES string of the molecule is CCOc1ccc(/C(O)=C2/C(=O)C(=O)N(CCCN(C)C)C2c2ccc([N+](=O)[O-])cc2)cc1Cl. The zero-order valence-electron chi connectivity index (χ0n) is 19.2. The highest BCUT2D eigenvalue weighted by molar-refractivity contribution is 6.46. The highest BCUT2D eigenvalue weighted by atomic mass is 35.5. The summed E-state index contributed by atoms with van der Waals surface area (Å²) < 4.78 is 5.42. The van der Waals surface area contributed by atoms with Crippen LogP contribution in [-0.2, 0) is 9.59 Å². The molecule has 1 heterocycles. The van der Waals surface area contributed by atoms with Gasteiger partial charge in [-0.1, -0.05) is 11.6 Å². The maximum atomic E-state index is 13.1. The van der Waals surface area contributed by atoms with Crippen molar-refractivity contribution in [3.63, 3.8) is 0 Å². The summed E-state index contributed by atoms with van der Waals surface area (Å²) in [5.74, 6) is -1.50. The lowest BCUT2D eigenvalue weighted by atomic mass is 9.95. The minimum atomic E-state index is -0.895. The number of benzene rings is 2. The van der Waals surface area contributed by atoms with Gasteiger partial charge in [0.2, 0.25) is 0 Å². The summed E-state index contributed by atoms with van der Waals surface area (Å²) in [4.78, 5) is 39.9. The monoisotopic (exact) mass is 487 g/mol. The number of aliphatic hydroxyl groups excluding tert-OH is 1. The molecule has 2 aromatic carbocycles. The zero-order valence-corrected chi connectivity index (χ0v) is 19.9. The molecule has 1 fully saturated rings. The van der Waals surface area contributed by atoms with Gasteiger partial charge in [-0.15, -0.1) is 0 Å². The second-order valence-electron chi connectivity index (χ2n) is 8.08. The number of non-ortho nitro benzene ring substituents is 1. The first-order valence-corrected chi connectivity index (χ1v) is 11.1. The van der Waals surface area contributed by atoms with Gasteiger partial charge in [-0.05, 0) is 69.9 Å². The Morgan fingerprint density at radius 1 is 1.21 bits per heavy atom. The van der Waals surface area contributed by atoms with Gasteiger partial charge in [0.15, 0.2) is 0 Å². The molecule has 1 atom stereocenters. The molecular formula is C24H26ClN3O6. The van der Waals surface area contributed by atoms with Gasteiger partial charge in [-0.25, -0.2) is 0 Å². The Hall–Kier alpha value is -3.43. The zero-order chi connectivity index (χ0) is 25.0. The molecule has 0 aromatic heterocycles. The van der Waals surface area contributed by atoms with Crippen molar-refractivity contribution in [2.45, 2.75) is 19.4 Å². The number of Topliss-reactive ketones (excluding diaryl/α,β-unsaturated/α-hetero) is 1. The first-order chi connectivity index (χ1) is 16.1. The maximum Gasteiger partial charge on any atom is 0.295 e. The van der Waals surface area contributed by atoms with Crippen LogP contribution < -0.4 is 4.74 Å². The molecule has 1 N–H and O–H groups in total. The van der Waals surface area contributed by atoms with Gasteiger partial charge in [-0.3, -0.25) is 19.7 Å². The number of carbonyl (C=O) groups is 2. The number of nitro benzene ring substituents is 1. The van der Waals surface area contributed by atoms with Crippen LogP contribution in [0.15, 0.2) is 48.0 Å². The fourth-order valence-electron chi connectivity index (χ4n) is 3.87. The van der Waals surface area contributed by atoms with E-state index in [1.165, 1.54) is 35.2 Å². The molecule has 3 rings (SSSR count). The summed E-state index contributed by atoms with van der Waals surface area (Å²) in [7, 11) is 3.80. The van der Waals surface area contributed by atoms with Crippen molar-refractivity contribution >= 4 is 34.7 Å². The van der Waals surface area contributed by atoms with Gasteiger partial charge in [0, 0.05) is 24.2 Å². The second kappa shape index (κ2) is 10.7. The van der Waals surface area contributed by atoms with Gasteiger partial charge in [0.1, 0.15) is 11.5 Å². The average Bonchev–Trinajstić information content (AvgIpc) is 3.05. The van der Waals surface area contributed by atoms with E-state index >= 15 is 0 Å². The Morgan fingerprint density at radius 3 is 2.44 bits per heavy atom. The van der Waals surface area contributed by atoms with E-state index in [0.29, 0.717) is 30.9 Å². The van der Waals surface area contributed by atoms with Crippen LogP contribution in [0.25, 0.3) is 5.76 Å². The highest BCUT2D eigenvalue weighted by Gasteiger charge is 2.45. The Morgan fingerprint density at radius 2 is 1.88 bits per heavy atom. The molecule has 1 amide bonds. The molecule has 0 spiro atoms. The third kappa shape index (κ3) is 5.21. The molecule has 1 aliphatic heterocycles. The largest absolute Gasteiger partial charge is 0.507 e. The Labute approximate surface area is 202 Å². The van der Waals surface area contributed by atoms with E-state index < -0.39 is 22.7 Å². The number of carbonyl (C=O) groups excluding carboxylic acids is 2. The molecule has 1 unspecified atom stereocenters. The third-order valence-electron chi connectivity index (χ3n) is 5.47. The van der Waals surface area contributed by atoms with Crippen LogP contribution in [-0.4, -0.2) is 65.3 Å². The lowest BCUT2D eigenvalue weighted by Gasteiger charge is -2.26. The number of hydrogen-bond acceptors (Lipinski definition) is 7. The molecule has 0 radical (unpaired) electrons. The predicted octanol–water partition coefficient (Wildman–Crippen LogP) is 4.02. The summed E-state index contributed by atoms with van der Waals surface area (Å²) in [6.07, 6.45) is 0.596. The van der Waals surface area contributed by atoms with Gasteiger partial charge in [0.05, 0.1) is 28.2 Å². The van der Waals surface area contributed by atoms with E-state index in [4.69, 9.17) is 16.3 Å². The molecule has 9 nitrogen and oxygen atoms in total. The van der Waals surface area contributed by atoms with E-state index in [-0.39, 0.29) is 34.2 Å². The van der Waals surface area contributed by atoms with Gasteiger partial charge >= 0.3 is 0 Å². The van der Waals surface area contributed by atoms with E-state index in [1.54, 1.807) is 12.1 Å². The standard InChI is InChI=1S/C24H26ClN3O6/c1-4-34-19-11-8-16(14-18(19)25)22(29)20-21(15-6-9-17(10-7-15)28(32)33)27(24(31)23(20)30)13-5-12-26(2)3/h6-11,14,21,29H,4-5,12-13H2,1-3H3/b22-20-. The fraction of sp³-hybridized carbons (Fsp3) is 0.333. The lowest BCUT2D eigenvalue weighted by Crippen LogP contribution is -2.32. The normalized spacial score (nSPS) is 17.4. The molecular weight excluding hydrogens is 462 g/mol. The van der Waals surface area contributed by atoms with Gasteiger partial charge < -0.3 is 19.6 Å². The Balaban J connectivity index is 2.10. The molecule has 180 valence electrons. The third-order valence-corrected chi connectivity index (χ3v) is 5.76. The van der Waals surface area contributed by atoms with E-state index in [1.807, 2.05) is 25.9 Å². The number of ether oxygens (including phenoxy) is 1. The van der Waals surface area contributed by atoms with Crippen LogP contribution in [0.4, 0.5) is 5.69 Å². The molecule has 1 saturated heterocycles. The van der Waals surface area contributed by atoms with Gasteiger partial charge in [-0.2, -0.15) is 0 Å². The van der Waals surface area contributed by atoms with Crippen molar-refractivity contribution < 1.29 is 24.4 Å². The van der Waals surface area contributed by atoms with Crippen LogP contribution in [0.3, 0.4) is 0 Å². The van der Waals surface area contributed by atoms with Crippen molar-refractivity contribution in [2.75, 3.05) is 33.8 Å². The van der Waals surface area contributed by atoms with Crippen molar-refractivity contribution in [3.8, 4) is 5.75 Å². The predicted molar refractivity (Wildman–Crippen MR) is 128 cm³/mol. The number of likely N-dealkylation sites (tertiary alicyclic amines) is 1. The molecule has 34 heavy (non-hydrogen) atoms. The number of nitrogens with zero attached hydrogens (tertiary/aromatic N) is 3. The number of hydrogen-bond donors (Lipinski definition) is 1. The van der Waals surface area contributed by atoms with Crippen LogP contribution in [0, 0.1) is 10.1 Å². The number of ketones is 1. The topological polar surface area (TPSA) is 113 Å². The van der Waals surface area contributed by atoms with E-state index in [9.17, 15) is 24.8 Å². The number of amides is 1. The van der Waals surface area contributed by atoms with Crippen LogP contribution in [0.5, 0.6) is 5.75 Å². The summed E-state index contributed by atoms with van der Waals surface area (Å²) in [6.45, 7) is 3.17.